The lowest BCUT2D eigenvalue weighted by atomic mass is 10.1. The van der Waals surface area contributed by atoms with Gasteiger partial charge in [-0.1, -0.05) is 54.1 Å². The average Bonchev–Trinajstić information content (AvgIpc) is 3.64. The quantitative estimate of drug-likeness (QED) is 0.233. The maximum absolute atomic E-state index is 13.4. The number of ether oxygens (including phenoxy) is 1. The van der Waals surface area contributed by atoms with Crippen LogP contribution >= 0.6 is 0 Å². The van der Waals surface area contributed by atoms with Crippen molar-refractivity contribution in [2.45, 2.75) is 20.4 Å². The molecule has 2 heterocycles. The zero-order chi connectivity index (χ0) is 27.9. The van der Waals surface area contributed by atoms with Crippen LogP contribution in [0.2, 0.25) is 0 Å². The molecule has 5 rings (SSSR count). The molecule has 0 spiro atoms. The first-order valence-electron chi connectivity index (χ1n) is 13.1. The third kappa shape index (κ3) is 6.30. The molecule has 0 bridgehead atoms. The molecule has 0 atom stereocenters. The van der Waals surface area contributed by atoms with E-state index in [4.69, 9.17) is 14.1 Å². The molecule has 0 aliphatic rings. The first-order valence-corrected chi connectivity index (χ1v) is 13.1. The van der Waals surface area contributed by atoms with Crippen LogP contribution in [0.3, 0.4) is 0 Å². The molecule has 8 heteroatoms. The van der Waals surface area contributed by atoms with E-state index in [0.29, 0.717) is 35.3 Å². The molecular formula is C32H30N4O4. The van der Waals surface area contributed by atoms with Crippen LogP contribution in [0.4, 0.5) is 5.95 Å². The van der Waals surface area contributed by atoms with Crippen molar-refractivity contribution in [2.24, 2.45) is 0 Å². The fourth-order valence-electron chi connectivity index (χ4n) is 4.31. The van der Waals surface area contributed by atoms with Crippen molar-refractivity contribution in [1.82, 2.24) is 14.5 Å². The van der Waals surface area contributed by atoms with Crippen LogP contribution in [0.25, 0.3) is 16.9 Å². The van der Waals surface area contributed by atoms with Crippen LogP contribution in [0.15, 0.2) is 108 Å². The summed E-state index contributed by atoms with van der Waals surface area (Å²) in [5.41, 5.74) is 3.92. The van der Waals surface area contributed by atoms with Crippen molar-refractivity contribution in [1.29, 1.82) is 0 Å². The number of carbonyl (C=O) groups is 2. The van der Waals surface area contributed by atoms with Crippen molar-refractivity contribution in [3.63, 3.8) is 0 Å². The van der Waals surface area contributed by atoms with Crippen LogP contribution in [0.1, 0.15) is 28.6 Å². The van der Waals surface area contributed by atoms with Gasteiger partial charge in [0.15, 0.2) is 0 Å². The Bertz CT molecular complexity index is 1580. The van der Waals surface area contributed by atoms with Crippen LogP contribution in [-0.2, 0) is 11.3 Å². The number of nitrogens with zero attached hydrogens (tertiary/aromatic N) is 3. The van der Waals surface area contributed by atoms with Crippen molar-refractivity contribution in [2.75, 3.05) is 18.5 Å². The highest BCUT2D eigenvalue weighted by Gasteiger charge is 2.22. The Balaban J connectivity index is 1.44. The zero-order valence-electron chi connectivity index (χ0n) is 22.4. The number of benzene rings is 3. The summed E-state index contributed by atoms with van der Waals surface area (Å²) in [5, 5.41) is 2.92. The lowest BCUT2D eigenvalue weighted by molar-refractivity contribution is -0.117. The van der Waals surface area contributed by atoms with E-state index in [-0.39, 0.29) is 24.9 Å². The Kier molecular flexibility index (Phi) is 8.06. The lowest BCUT2D eigenvalue weighted by Crippen LogP contribution is -2.37. The molecule has 0 radical (unpaired) electrons. The second-order valence-corrected chi connectivity index (χ2v) is 9.27. The molecule has 3 aromatic carbocycles. The number of aryl methyl sites for hydroxylation is 1. The van der Waals surface area contributed by atoms with Crippen LogP contribution < -0.4 is 10.1 Å². The smallest absolute Gasteiger partial charge is 0.254 e. The molecule has 0 aliphatic carbocycles. The maximum Gasteiger partial charge on any atom is 0.254 e. The third-order valence-corrected chi connectivity index (χ3v) is 6.28. The van der Waals surface area contributed by atoms with Crippen LogP contribution in [0, 0.1) is 6.92 Å². The summed E-state index contributed by atoms with van der Waals surface area (Å²) in [4.78, 5) is 33.0. The first-order chi connectivity index (χ1) is 19.5. The maximum atomic E-state index is 13.4. The minimum absolute atomic E-state index is 0.146. The van der Waals surface area contributed by atoms with E-state index in [1.807, 2.05) is 86.8 Å². The van der Waals surface area contributed by atoms with Gasteiger partial charge < -0.3 is 14.1 Å². The number of furan rings is 1. The standard InChI is InChI=1S/C32H30N4O4/c1-3-39-27-12-7-11-26(19-27)36-21-29(24-9-5-4-6-10-24)33-32(36)34-30(37)22-35(20-28-13-8-18-40-28)31(38)25-16-14-23(2)15-17-25/h4-19,21H,3,20,22H2,1-2H3,(H,33,34,37). The number of anilines is 1. The Hall–Kier alpha value is -5.11. The summed E-state index contributed by atoms with van der Waals surface area (Å²) < 4.78 is 13.0. The van der Waals surface area contributed by atoms with E-state index >= 15 is 0 Å². The molecule has 0 fully saturated rings. The highest BCUT2D eigenvalue weighted by Crippen LogP contribution is 2.26. The predicted molar refractivity (Wildman–Crippen MR) is 153 cm³/mol. The molecule has 1 N–H and O–H groups in total. The minimum atomic E-state index is -0.389. The number of amides is 2. The largest absolute Gasteiger partial charge is 0.494 e. The molecule has 0 unspecified atom stereocenters. The molecule has 0 saturated heterocycles. The molecule has 8 nitrogen and oxygen atoms in total. The topological polar surface area (TPSA) is 89.6 Å². The number of nitrogens with one attached hydrogen (secondary N) is 1. The zero-order valence-corrected chi connectivity index (χ0v) is 22.4. The summed E-state index contributed by atoms with van der Waals surface area (Å²) in [5.74, 6) is 0.955. The van der Waals surface area contributed by atoms with Crippen molar-refractivity contribution in [3.05, 3.63) is 120 Å². The Morgan fingerprint density at radius 3 is 2.50 bits per heavy atom. The number of hydrogen-bond acceptors (Lipinski definition) is 5. The van der Waals surface area contributed by atoms with Gasteiger partial charge in [0.2, 0.25) is 11.9 Å². The number of carbonyl (C=O) groups excluding carboxylic acids is 2. The number of hydrogen-bond donors (Lipinski definition) is 1. The summed E-state index contributed by atoms with van der Waals surface area (Å²) in [6.07, 6.45) is 3.41. The average molecular weight is 535 g/mol. The third-order valence-electron chi connectivity index (χ3n) is 6.28. The highest BCUT2D eigenvalue weighted by atomic mass is 16.5. The SMILES string of the molecule is CCOc1cccc(-n2cc(-c3ccccc3)nc2NC(=O)CN(Cc2ccco2)C(=O)c2ccc(C)cc2)c1. The van der Waals surface area contributed by atoms with Crippen molar-refractivity contribution in [3.8, 4) is 22.7 Å². The van der Waals surface area contributed by atoms with Gasteiger partial charge in [-0.25, -0.2) is 4.98 Å². The van der Waals surface area contributed by atoms with E-state index in [1.54, 1.807) is 35.1 Å². The van der Waals surface area contributed by atoms with Gasteiger partial charge in [0.25, 0.3) is 5.91 Å². The van der Waals surface area contributed by atoms with Crippen molar-refractivity contribution >= 4 is 17.8 Å². The lowest BCUT2D eigenvalue weighted by Gasteiger charge is -2.21. The van der Waals surface area contributed by atoms with Crippen molar-refractivity contribution < 1.29 is 18.7 Å². The fraction of sp³-hybridized carbons (Fsp3) is 0.156. The molecule has 2 aromatic heterocycles. The fourth-order valence-corrected chi connectivity index (χ4v) is 4.31. The van der Waals surface area contributed by atoms with Gasteiger partial charge in [0.1, 0.15) is 18.1 Å². The first kappa shape index (κ1) is 26.5. The van der Waals surface area contributed by atoms with Gasteiger partial charge >= 0.3 is 0 Å². The molecule has 0 saturated carbocycles. The molecule has 2 amide bonds. The second kappa shape index (κ2) is 12.2. The summed E-state index contributed by atoms with van der Waals surface area (Å²) in [6.45, 7) is 4.37. The normalized spacial score (nSPS) is 10.8. The number of rotatable bonds is 10. The summed E-state index contributed by atoms with van der Waals surface area (Å²) >= 11 is 0. The van der Waals surface area contributed by atoms with Gasteiger partial charge in [-0.2, -0.15) is 0 Å². The van der Waals surface area contributed by atoms with Gasteiger partial charge in [-0.05, 0) is 50.2 Å². The van der Waals surface area contributed by atoms with Crippen LogP contribution in [-0.4, -0.2) is 39.4 Å². The van der Waals surface area contributed by atoms with E-state index in [1.165, 1.54) is 4.90 Å². The predicted octanol–water partition coefficient (Wildman–Crippen LogP) is 6.12. The summed E-state index contributed by atoms with van der Waals surface area (Å²) in [6, 6.07) is 28.1. The van der Waals surface area contributed by atoms with Gasteiger partial charge in [0.05, 0.1) is 30.8 Å². The number of imidazole rings is 1. The van der Waals surface area contributed by atoms with Gasteiger partial charge in [-0.15, -0.1) is 0 Å². The monoisotopic (exact) mass is 534 g/mol. The second-order valence-electron chi connectivity index (χ2n) is 9.27. The van der Waals surface area contributed by atoms with E-state index in [2.05, 4.69) is 5.32 Å². The van der Waals surface area contributed by atoms with Crippen LogP contribution in [0.5, 0.6) is 5.75 Å². The molecule has 202 valence electrons. The molecular weight excluding hydrogens is 504 g/mol. The van der Waals surface area contributed by atoms with Gasteiger partial charge in [0, 0.05) is 23.4 Å². The highest BCUT2D eigenvalue weighted by molar-refractivity contribution is 5.99. The van der Waals surface area contributed by atoms with E-state index in [9.17, 15) is 9.59 Å². The molecule has 0 aliphatic heterocycles. The Morgan fingerprint density at radius 2 is 1.77 bits per heavy atom. The Morgan fingerprint density at radius 1 is 0.975 bits per heavy atom. The number of aromatic nitrogens is 2. The molecule has 40 heavy (non-hydrogen) atoms. The summed E-state index contributed by atoms with van der Waals surface area (Å²) in [7, 11) is 0. The van der Waals surface area contributed by atoms with Gasteiger partial charge in [-0.3, -0.25) is 19.5 Å². The van der Waals surface area contributed by atoms with E-state index in [0.717, 1.165) is 16.8 Å². The molecule has 5 aromatic rings. The van der Waals surface area contributed by atoms with E-state index < -0.39 is 0 Å². The Labute approximate surface area is 232 Å². The minimum Gasteiger partial charge on any atom is -0.494 e.